The van der Waals surface area contributed by atoms with Crippen molar-refractivity contribution in [3.05, 3.63) is 65.9 Å². The first-order chi connectivity index (χ1) is 14.0. The van der Waals surface area contributed by atoms with Crippen molar-refractivity contribution in [1.29, 1.82) is 0 Å². The summed E-state index contributed by atoms with van der Waals surface area (Å²) in [5.41, 5.74) is 1.35. The van der Waals surface area contributed by atoms with Gasteiger partial charge in [-0.15, -0.1) is 0 Å². The third kappa shape index (κ3) is 3.66. The van der Waals surface area contributed by atoms with Gasteiger partial charge in [0.25, 0.3) is 5.91 Å². The Bertz CT molecular complexity index is 1120. The first kappa shape index (κ1) is 19.6. The molecular weight excluding hydrogens is 392 g/mol. The van der Waals surface area contributed by atoms with E-state index in [4.69, 9.17) is 9.15 Å². The van der Waals surface area contributed by atoms with E-state index in [1.54, 1.807) is 42.3 Å². The van der Waals surface area contributed by atoms with Crippen molar-refractivity contribution in [2.24, 2.45) is 0 Å². The van der Waals surface area contributed by atoms with E-state index in [-0.39, 0.29) is 36.3 Å². The van der Waals surface area contributed by atoms with Crippen molar-refractivity contribution in [2.45, 2.75) is 11.5 Å². The van der Waals surface area contributed by atoms with Crippen LogP contribution < -0.4 is 0 Å². The second-order valence-electron chi connectivity index (χ2n) is 6.85. The number of carbonyl (C=O) groups excluding carboxylic acids is 1. The fourth-order valence-electron chi connectivity index (χ4n) is 3.58. The first-order valence-electron chi connectivity index (χ1n) is 9.36. The largest absolute Gasteiger partial charge is 0.451 e. The van der Waals surface area contributed by atoms with Gasteiger partial charge in [-0.05, 0) is 18.2 Å². The molecule has 1 aliphatic heterocycles. The number of hydrogen-bond donors (Lipinski definition) is 0. The SMILES string of the molecule is COCc1c(C(=O)N2CCN(S(=O)(=O)c3ccccc3)CC2)oc2ccccc12. The number of sulfonamides is 1. The second kappa shape index (κ2) is 7.98. The minimum atomic E-state index is -3.56. The highest BCUT2D eigenvalue weighted by Gasteiger charge is 2.32. The Morgan fingerprint density at radius 2 is 1.66 bits per heavy atom. The number of rotatable bonds is 5. The Kier molecular flexibility index (Phi) is 5.40. The summed E-state index contributed by atoms with van der Waals surface area (Å²) in [6.45, 7) is 1.34. The lowest BCUT2D eigenvalue weighted by atomic mass is 10.1. The predicted octanol–water partition coefficient (Wildman–Crippen LogP) is 2.73. The van der Waals surface area contributed by atoms with Gasteiger partial charge >= 0.3 is 0 Å². The quantitative estimate of drug-likeness (QED) is 0.641. The lowest BCUT2D eigenvalue weighted by molar-refractivity contribution is 0.0662. The van der Waals surface area contributed by atoms with Crippen LogP contribution in [0.1, 0.15) is 16.1 Å². The van der Waals surface area contributed by atoms with Gasteiger partial charge in [-0.3, -0.25) is 4.79 Å². The van der Waals surface area contributed by atoms with Gasteiger partial charge in [-0.2, -0.15) is 4.31 Å². The average molecular weight is 414 g/mol. The fraction of sp³-hybridized carbons (Fsp3) is 0.286. The van der Waals surface area contributed by atoms with E-state index >= 15 is 0 Å². The van der Waals surface area contributed by atoms with Crippen LogP contribution in [0.4, 0.5) is 0 Å². The maximum Gasteiger partial charge on any atom is 0.290 e. The van der Waals surface area contributed by atoms with E-state index in [2.05, 4.69) is 0 Å². The molecule has 4 rings (SSSR count). The van der Waals surface area contributed by atoms with Gasteiger partial charge in [-0.1, -0.05) is 36.4 Å². The van der Waals surface area contributed by atoms with Gasteiger partial charge in [0.05, 0.1) is 11.5 Å². The number of para-hydroxylation sites is 1. The van der Waals surface area contributed by atoms with Gasteiger partial charge in [-0.25, -0.2) is 8.42 Å². The smallest absolute Gasteiger partial charge is 0.290 e. The van der Waals surface area contributed by atoms with Crippen LogP contribution in [-0.4, -0.2) is 56.8 Å². The number of methoxy groups -OCH3 is 1. The first-order valence-corrected chi connectivity index (χ1v) is 10.8. The van der Waals surface area contributed by atoms with Crippen LogP contribution in [0.25, 0.3) is 11.0 Å². The van der Waals surface area contributed by atoms with Gasteiger partial charge in [0.1, 0.15) is 5.58 Å². The molecule has 1 saturated heterocycles. The average Bonchev–Trinajstić information content (AvgIpc) is 3.13. The summed E-state index contributed by atoms with van der Waals surface area (Å²) >= 11 is 0. The molecule has 2 aromatic carbocycles. The number of nitrogens with zero attached hydrogens (tertiary/aromatic N) is 2. The summed E-state index contributed by atoms with van der Waals surface area (Å²) in [5, 5.41) is 0.850. The molecule has 0 atom stereocenters. The molecule has 0 bridgehead atoms. The summed E-state index contributed by atoms with van der Waals surface area (Å²) in [6, 6.07) is 15.8. The zero-order valence-electron chi connectivity index (χ0n) is 16.1. The number of fused-ring (bicyclic) bond motifs is 1. The van der Waals surface area contributed by atoms with Gasteiger partial charge in [0, 0.05) is 44.2 Å². The van der Waals surface area contributed by atoms with Crippen molar-refractivity contribution in [3.63, 3.8) is 0 Å². The Hall–Kier alpha value is -2.68. The van der Waals surface area contributed by atoms with Crippen LogP contribution in [0.15, 0.2) is 63.9 Å². The number of piperazine rings is 1. The summed E-state index contributed by atoms with van der Waals surface area (Å²) in [4.78, 5) is 15.0. The molecule has 1 aromatic heterocycles. The van der Waals surface area contributed by atoms with E-state index in [1.807, 2.05) is 24.3 Å². The van der Waals surface area contributed by atoms with Crippen LogP contribution in [0.2, 0.25) is 0 Å². The fourth-order valence-corrected chi connectivity index (χ4v) is 5.02. The summed E-state index contributed by atoms with van der Waals surface area (Å²) in [7, 11) is -1.99. The van der Waals surface area contributed by atoms with Crippen LogP contribution in [-0.2, 0) is 21.4 Å². The zero-order chi connectivity index (χ0) is 20.4. The molecule has 3 aromatic rings. The Balaban J connectivity index is 1.53. The molecule has 1 aliphatic rings. The topological polar surface area (TPSA) is 80.1 Å². The predicted molar refractivity (Wildman–Crippen MR) is 108 cm³/mol. The molecule has 1 amide bonds. The molecule has 1 fully saturated rings. The molecular formula is C21H22N2O5S. The van der Waals surface area contributed by atoms with Gasteiger partial charge in [0.15, 0.2) is 5.76 Å². The molecule has 0 radical (unpaired) electrons. The lowest BCUT2D eigenvalue weighted by Gasteiger charge is -2.33. The van der Waals surface area contributed by atoms with E-state index < -0.39 is 10.0 Å². The normalized spacial score (nSPS) is 15.7. The summed E-state index contributed by atoms with van der Waals surface area (Å²) in [6.07, 6.45) is 0. The van der Waals surface area contributed by atoms with E-state index in [9.17, 15) is 13.2 Å². The van der Waals surface area contributed by atoms with Crippen molar-refractivity contribution < 1.29 is 22.4 Å². The highest BCUT2D eigenvalue weighted by Crippen LogP contribution is 2.28. The van der Waals surface area contributed by atoms with Crippen molar-refractivity contribution in [2.75, 3.05) is 33.3 Å². The molecule has 8 heteroatoms. The van der Waals surface area contributed by atoms with E-state index in [0.29, 0.717) is 24.2 Å². The Morgan fingerprint density at radius 3 is 2.34 bits per heavy atom. The van der Waals surface area contributed by atoms with E-state index in [1.165, 1.54) is 4.31 Å². The van der Waals surface area contributed by atoms with Crippen molar-refractivity contribution in [1.82, 2.24) is 9.21 Å². The number of hydrogen-bond acceptors (Lipinski definition) is 5. The third-order valence-corrected chi connectivity index (χ3v) is 7.00. The van der Waals surface area contributed by atoms with Crippen LogP contribution in [0, 0.1) is 0 Å². The lowest BCUT2D eigenvalue weighted by Crippen LogP contribution is -2.50. The van der Waals surface area contributed by atoms with Crippen LogP contribution in [0.5, 0.6) is 0 Å². The maximum absolute atomic E-state index is 13.1. The third-order valence-electron chi connectivity index (χ3n) is 5.09. The monoisotopic (exact) mass is 414 g/mol. The maximum atomic E-state index is 13.1. The number of furan rings is 1. The molecule has 0 aliphatic carbocycles. The number of ether oxygens (including phenoxy) is 1. The minimum absolute atomic E-state index is 0.239. The van der Waals surface area contributed by atoms with Crippen molar-refractivity contribution >= 4 is 26.9 Å². The molecule has 0 N–H and O–H groups in total. The molecule has 7 nitrogen and oxygen atoms in total. The zero-order valence-corrected chi connectivity index (χ0v) is 16.9. The minimum Gasteiger partial charge on any atom is -0.451 e. The van der Waals surface area contributed by atoms with Gasteiger partial charge < -0.3 is 14.1 Å². The number of carbonyl (C=O) groups is 1. The summed E-state index contributed by atoms with van der Waals surface area (Å²) in [5.74, 6) is 0.0115. The molecule has 29 heavy (non-hydrogen) atoms. The van der Waals surface area contributed by atoms with Crippen LogP contribution >= 0.6 is 0 Å². The van der Waals surface area contributed by atoms with E-state index in [0.717, 1.165) is 5.39 Å². The Morgan fingerprint density at radius 1 is 1.00 bits per heavy atom. The molecule has 0 spiro atoms. The Labute approximate surface area is 169 Å². The number of amides is 1. The van der Waals surface area contributed by atoms with Crippen LogP contribution in [0.3, 0.4) is 0 Å². The highest BCUT2D eigenvalue weighted by molar-refractivity contribution is 7.89. The standard InChI is InChI=1S/C21H22N2O5S/c1-27-15-18-17-9-5-6-10-19(17)28-20(18)21(24)22-11-13-23(14-12-22)29(25,26)16-7-3-2-4-8-16/h2-10H,11-15H2,1H3. The molecule has 0 unspecified atom stereocenters. The highest BCUT2D eigenvalue weighted by atomic mass is 32.2. The van der Waals surface area contributed by atoms with Crippen molar-refractivity contribution in [3.8, 4) is 0 Å². The molecule has 152 valence electrons. The summed E-state index contributed by atoms with van der Waals surface area (Å²) < 4.78 is 38.1. The van der Waals surface area contributed by atoms with Gasteiger partial charge in [0.2, 0.25) is 10.0 Å². The molecule has 0 saturated carbocycles. The molecule has 2 heterocycles. The second-order valence-corrected chi connectivity index (χ2v) is 8.79. The number of benzene rings is 2.